The Bertz CT molecular complexity index is 1460. The van der Waals surface area contributed by atoms with Crippen LogP contribution in [0.4, 0.5) is 0 Å². The number of benzene rings is 3. The van der Waals surface area contributed by atoms with Crippen molar-refractivity contribution in [2.45, 2.75) is 20.7 Å². The van der Waals surface area contributed by atoms with Gasteiger partial charge in [0.1, 0.15) is 7.05 Å². The summed E-state index contributed by atoms with van der Waals surface area (Å²) in [6, 6.07) is 18.7. The molecule has 0 amide bonds. The van der Waals surface area contributed by atoms with E-state index in [1.54, 1.807) is 12.1 Å². The quantitative estimate of drug-likeness (QED) is 0.291. The van der Waals surface area contributed by atoms with Crippen LogP contribution < -0.4 is 4.57 Å². The zero-order valence-corrected chi connectivity index (χ0v) is 16.4. The molecule has 0 bridgehead atoms. The van der Waals surface area contributed by atoms with Crippen molar-refractivity contribution in [3.05, 3.63) is 77.5 Å². The highest BCUT2D eigenvalue weighted by atomic mass is 32.1. The van der Waals surface area contributed by atoms with E-state index in [1.807, 2.05) is 24.3 Å². The Labute approximate surface area is 167 Å². The van der Waals surface area contributed by atoms with E-state index in [-0.39, 0.29) is 0 Å². The normalized spacial score (nSPS) is 13.8. The summed E-state index contributed by atoms with van der Waals surface area (Å²) in [6.07, 6.45) is 2.21. The maximum Gasteiger partial charge on any atom is 0.213 e. The summed E-state index contributed by atoms with van der Waals surface area (Å²) in [5.41, 5.74) is 4.77. The van der Waals surface area contributed by atoms with Crippen molar-refractivity contribution in [2.75, 3.05) is 0 Å². The molecule has 0 N–H and O–H groups in total. The molecule has 2 heteroatoms. The first-order valence-corrected chi connectivity index (χ1v) is 9.91. The molecule has 2 aromatic heterocycles. The third-order valence-electron chi connectivity index (χ3n) is 5.36. The van der Waals surface area contributed by atoms with Gasteiger partial charge in [-0.25, -0.2) is 4.57 Å². The Kier molecular flexibility index (Phi) is 2.94. The van der Waals surface area contributed by atoms with Crippen molar-refractivity contribution < 1.29 is 8.68 Å². The van der Waals surface area contributed by atoms with E-state index >= 15 is 0 Å². The van der Waals surface area contributed by atoms with Crippen molar-refractivity contribution >= 4 is 42.3 Å². The maximum atomic E-state index is 7.67. The molecule has 5 rings (SSSR count). The number of aryl methyl sites for hydroxylation is 4. The second-order valence-electron chi connectivity index (χ2n) is 7.34. The standard InChI is InChI=1S/C25H22NS/c1-15-5-8-19(17(3)11-15)22-13-24-21(14-26(22)4)25-20-9-6-16(2)12-18(20)7-10-23(25)27-24/h5-14H,1-4H3/q+1/i1D3. The highest BCUT2D eigenvalue weighted by Gasteiger charge is 2.18. The van der Waals surface area contributed by atoms with Crippen molar-refractivity contribution in [1.82, 2.24) is 0 Å². The molecule has 3 aromatic carbocycles. The molecule has 0 aliphatic heterocycles. The monoisotopic (exact) mass is 371 g/mol. The summed E-state index contributed by atoms with van der Waals surface area (Å²) in [4.78, 5) is 0. The fourth-order valence-corrected chi connectivity index (χ4v) is 5.16. The van der Waals surface area contributed by atoms with Crippen molar-refractivity contribution in [1.29, 1.82) is 0 Å². The summed E-state index contributed by atoms with van der Waals surface area (Å²) in [6.45, 7) is 2.03. The van der Waals surface area contributed by atoms with Crippen molar-refractivity contribution in [3.8, 4) is 11.3 Å². The van der Waals surface area contributed by atoms with Gasteiger partial charge in [-0.1, -0.05) is 47.5 Å². The molecule has 1 nitrogen and oxygen atoms in total. The van der Waals surface area contributed by atoms with Crippen LogP contribution in [0.3, 0.4) is 0 Å². The third kappa shape index (κ3) is 2.55. The summed E-state index contributed by atoms with van der Waals surface area (Å²) >= 11 is 1.81. The van der Waals surface area contributed by atoms with E-state index in [1.165, 1.54) is 36.5 Å². The van der Waals surface area contributed by atoms with E-state index in [0.717, 1.165) is 16.8 Å². The topological polar surface area (TPSA) is 3.88 Å². The zero-order valence-electron chi connectivity index (χ0n) is 18.6. The number of nitrogens with zero attached hydrogens (tertiary/aromatic N) is 1. The second kappa shape index (κ2) is 5.90. The number of pyridine rings is 1. The highest BCUT2D eigenvalue weighted by Crippen LogP contribution is 2.39. The molecule has 27 heavy (non-hydrogen) atoms. The Hall–Kier alpha value is -2.71. The molecule has 0 atom stereocenters. The maximum absolute atomic E-state index is 7.67. The van der Waals surface area contributed by atoms with Crippen LogP contribution in [0.5, 0.6) is 0 Å². The number of hydrogen-bond acceptors (Lipinski definition) is 1. The van der Waals surface area contributed by atoms with Crippen LogP contribution in [0.2, 0.25) is 0 Å². The van der Waals surface area contributed by atoms with Gasteiger partial charge >= 0.3 is 0 Å². The minimum absolute atomic E-state index is 0.385. The summed E-state index contributed by atoms with van der Waals surface area (Å²) in [7, 11) is 2.06. The Morgan fingerprint density at radius 1 is 0.852 bits per heavy atom. The number of hydrogen-bond donors (Lipinski definition) is 0. The van der Waals surface area contributed by atoms with Crippen LogP contribution >= 0.6 is 11.3 Å². The first-order valence-electron chi connectivity index (χ1n) is 10.6. The van der Waals surface area contributed by atoms with E-state index in [4.69, 9.17) is 4.11 Å². The fourth-order valence-electron chi connectivity index (χ4n) is 4.03. The predicted octanol–water partition coefficient (Wildman–Crippen LogP) is 6.62. The molecule has 0 unspecified atom stereocenters. The Morgan fingerprint density at radius 3 is 2.52 bits per heavy atom. The SMILES string of the molecule is [2H]C([2H])([2H])c1ccc(-c2cc3sc4ccc5cc(C)ccc5c4c3c[n+]2C)c(C)c1. The van der Waals surface area contributed by atoms with Crippen LogP contribution in [0.25, 0.3) is 42.2 Å². The van der Waals surface area contributed by atoms with Crippen LogP contribution in [0.1, 0.15) is 20.8 Å². The number of thiophene rings is 1. The largest absolute Gasteiger partial charge is 0.213 e. The molecule has 0 radical (unpaired) electrons. The first-order chi connectivity index (χ1) is 14.2. The molecule has 0 aliphatic rings. The summed E-state index contributed by atoms with van der Waals surface area (Å²) in [5, 5.41) is 5.12. The van der Waals surface area contributed by atoms with Gasteiger partial charge < -0.3 is 0 Å². The lowest BCUT2D eigenvalue weighted by atomic mass is 10.0. The Morgan fingerprint density at radius 2 is 1.70 bits per heavy atom. The van der Waals surface area contributed by atoms with E-state index in [9.17, 15) is 0 Å². The van der Waals surface area contributed by atoms with Crippen LogP contribution in [-0.4, -0.2) is 0 Å². The average Bonchev–Trinajstić information content (AvgIpc) is 3.04. The average molecular weight is 372 g/mol. The summed E-state index contributed by atoms with van der Waals surface area (Å²) in [5.74, 6) is 0. The van der Waals surface area contributed by atoms with Gasteiger partial charge in [-0.3, -0.25) is 0 Å². The van der Waals surface area contributed by atoms with Gasteiger partial charge in [-0.2, -0.15) is 0 Å². The molecule has 0 saturated heterocycles. The van der Waals surface area contributed by atoms with Gasteiger partial charge in [0.05, 0.1) is 5.39 Å². The molecule has 5 aromatic rings. The molecule has 0 saturated carbocycles. The van der Waals surface area contributed by atoms with Crippen molar-refractivity contribution in [2.24, 2.45) is 7.05 Å². The molecule has 2 heterocycles. The fraction of sp³-hybridized carbons (Fsp3) is 0.160. The van der Waals surface area contributed by atoms with Gasteiger partial charge in [0.15, 0.2) is 6.20 Å². The minimum Gasteiger partial charge on any atom is -0.200 e. The molecule has 0 fully saturated rings. The van der Waals surface area contributed by atoms with E-state index in [2.05, 4.69) is 61.1 Å². The van der Waals surface area contributed by atoms with Gasteiger partial charge in [-0.15, -0.1) is 11.3 Å². The number of rotatable bonds is 1. The Balaban J connectivity index is 1.75. The summed E-state index contributed by atoms with van der Waals surface area (Å²) < 4.78 is 27.7. The lowest BCUT2D eigenvalue weighted by Gasteiger charge is -2.06. The predicted molar refractivity (Wildman–Crippen MR) is 118 cm³/mol. The lowest BCUT2D eigenvalue weighted by molar-refractivity contribution is -0.659. The van der Waals surface area contributed by atoms with Crippen LogP contribution in [0.15, 0.2) is 60.8 Å². The van der Waals surface area contributed by atoms with Crippen molar-refractivity contribution in [3.63, 3.8) is 0 Å². The van der Waals surface area contributed by atoms with Crippen LogP contribution in [-0.2, 0) is 7.05 Å². The molecule has 132 valence electrons. The molecule has 0 aliphatic carbocycles. The van der Waals surface area contributed by atoms with Gasteiger partial charge in [0.25, 0.3) is 0 Å². The highest BCUT2D eigenvalue weighted by molar-refractivity contribution is 7.26. The van der Waals surface area contributed by atoms with Gasteiger partial charge in [-0.05, 0) is 49.2 Å². The third-order valence-corrected chi connectivity index (χ3v) is 6.48. The van der Waals surface area contributed by atoms with E-state index in [0.29, 0.717) is 5.56 Å². The van der Waals surface area contributed by atoms with E-state index < -0.39 is 6.85 Å². The van der Waals surface area contributed by atoms with Gasteiger partial charge in [0, 0.05) is 30.5 Å². The lowest BCUT2D eigenvalue weighted by Crippen LogP contribution is -2.30. The minimum atomic E-state index is -2.08. The second-order valence-corrected chi connectivity index (χ2v) is 8.43. The number of aromatic nitrogens is 1. The zero-order chi connectivity index (χ0) is 21.2. The number of fused-ring (bicyclic) bond motifs is 5. The first kappa shape index (κ1) is 13.5. The smallest absolute Gasteiger partial charge is 0.200 e. The molecular weight excluding hydrogens is 346 g/mol. The molecule has 0 spiro atoms. The van der Waals surface area contributed by atoms with Gasteiger partial charge in [0.2, 0.25) is 5.69 Å². The van der Waals surface area contributed by atoms with Crippen LogP contribution in [0, 0.1) is 20.7 Å². The molecular formula is C25H22NS+.